The average Bonchev–Trinajstić information content (AvgIpc) is 3.50. The summed E-state index contributed by atoms with van der Waals surface area (Å²) in [5.41, 5.74) is 2.36. The molecule has 0 radical (unpaired) electrons. The van der Waals surface area contributed by atoms with Crippen LogP contribution in [0, 0.1) is 57.2 Å². The summed E-state index contributed by atoms with van der Waals surface area (Å²) >= 11 is 1.42. The fraction of sp³-hybridized carbons (Fsp3) is 0.706. The number of allylic oxidation sites excluding steroid dienone is 3. The Morgan fingerprint density at radius 3 is 2.21 bits per heavy atom. The second kappa shape index (κ2) is 8.81. The van der Waals surface area contributed by atoms with Crippen molar-refractivity contribution in [2.75, 3.05) is 0 Å². The molecule has 5 heteroatoms. The molecule has 0 aromatic carbocycles. The summed E-state index contributed by atoms with van der Waals surface area (Å²) in [7, 11) is 0. The van der Waals surface area contributed by atoms with Crippen LogP contribution in [0.3, 0.4) is 0 Å². The van der Waals surface area contributed by atoms with Gasteiger partial charge in [0.05, 0.1) is 5.41 Å². The van der Waals surface area contributed by atoms with Crippen LogP contribution in [-0.4, -0.2) is 22.2 Å². The van der Waals surface area contributed by atoms with Gasteiger partial charge < -0.3 is 10.2 Å². The van der Waals surface area contributed by atoms with Gasteiger partial charge in [0, 0.05) is 4.88 Å². The summed E-state index contributed by atoms with van der Waals surface area (Å²) in [6, 6.07) is 3.77. The minimum absolute atomic E-state index is 0.0160. The van der Waals surface area contributed by atoms with Crippen molar-refractivity contribution in [3.63, 3.8) is 0 Å². The van der Waals surface area contributed by atoms with Gasteiger partial charge in [0.15, 0.2) is 0 Å². The topological polar surface area (TPSA) is 74.6 Å². The third kappa shape index (κ3) is 3.60. The van der Waals surface area contributed by atoms with Crippen LogP contribution >= 0.6 is 11.3 Å². The molecule has 1 heterocycles. The molecule has 0 saturated heterocycles. The van der Waals surface area contributed by atoms with E-state index in [-0.39, 0.29) is 22.2 Å². The van der Waals surface area contributed by atoms with Crippen molar-refractivity contribution in [1.82, 2.24) is 0 Å². The van der Waals surface area contributed by atoms with E-state index in [1.807, 2.05) is 6.07 Å². The molecule has 39 heavy (non-hydrogen) atoms. The number of carbonyl (C=O) groups is 2. The molecule has 2 N–H and O–H groups in total. The van der Waals surface area contributed by atoms with Gasteiger partial charge in [-0.25, -0.2) is 4.79 Å². The van der Waals surface area contributed by atoms with Crippen molar-refractivity contribution < 1.29 is 19.8 Å². The summed E-state index contributed by atoms with van der Waals surface area (Å²) in [6.07, 6.45) is 12.0. The van der Waals surface area contributed by atoms with Gasteiger partial charge in [-0.05, 0) is 134 Å². The highest BCUT2D eigenvalue weighted by molar-refractivity contribution is 7.15. The molecule has 1 aromatic heterocycles. The Bertz CT molecular complexity index is 1260. The number of carboxylic acids is 2. The monoisotopic (exact) mass is 550 g/mol. The minimum Gasteiger partial charge on any atom is -0.481 e. The average molecular weight is 551 g/mol. The fourth-order valence-electron chi connectivity index (χ4n) is 11.6. The van der Waals surface area contributed by atoms with E-state index in [0.29, 0.717) is 34.5 Å². The molecule has 212 valence electrons. The molecule has 0 aliphatic heterocycles. The van der Waals surface area contributed by atoms with E-state index < -0.39 is 17.4 Å². The summed E-state index contributed by atoms with van der Waals surface area (Å²) in [4.78, 5) is 25.9. The Hall–Kier alpha value is -1.88. The first-order chi connectivity index (χ1) is 18.3. The van der Waals surface area contributed by atoms with E-state index in [1.54, 1.807) is 6.07 Å². The van der Waals surface area contributed by atoms with E-state index in [1.165, 1.54) is 41.7 Å². The molecule has 6 rings (SSSR count). The first kappa shape index (κ1) is 27.3. The summed E-state index contributed by atoms with van der Waals surface area (Å²) < 4.78 is 0. The van der Waals surface area contributed by atoms with Crippen LogP contribution in [0.15, 0.2) is 30.4 Å². The van der Waals surface area contributed by atoms with Gasteiger partial charge in [-0.15, -0.1) is 11.3 Å². The Balaban J connectivity index is 1.34. The number of fused-ring (bicyclic) bond motifs is 7. The molecule has 0 amide bonds. The van der Waals surface area contributed by atoms with Gasteiger partial charge in [0.2, 0.25) is 0 Å². The Morgan fingerprint density at radius 1 is 0.897 bits per heavy atom. The van der Waals surface area contributed by atoms with Crippen molar-refractivity contribution in [1.29, 1.82) is 0 Å². The van der Waals surface area contributed by atoms with Gasteiger partial charge in [-0.2, -0.15) is 0 Å². The van der Waals surface area contributed by atoms with Crippen molar-refractivity contribution >= 4 is 28.8 Å². The van der Waals surface area contributed by atoms with Crippen LogP contribution in [0.5, 0.6) is 0 Å². The van der Waals surface area contributed by atoms with E-state index in [0.717, 1.165) is 43.4 Å². The van der Waals surface area contributed by atoms with Crippen molar-refractivity contribution in [2.45, 2.75) is 92.4 Å². The molecule has 0 spiro atoms. The number of hydrogen-bond acceptors (Lipinski definition) is 3. The number of hydrogen-bond donors (Lipinski definition) is 2. The Labute approximate surface area is 238 Å². The lowest BCUT2D eigenvalue weighted by Crippen LogP contribution is -2.61. The minimum atomic E-state index is -0.841. The molecule has 5 aliphatic carbocycles. The molecule has 0 bridgehead atoms. The molecular formula is C34H46O4S. The lowest BCUT2D eigenvalue weighted by molar-refractivity contribution is -0.189. The predicted octanol–water partition coefficient (Wildman–Crippen LogP) is 8.79. The number of aliphatic carboxylic acids is 1. The van der Waals surface area contributed by atoms with Gasteiger partial charge in [0.1, 0.15) is 4.88 Å². The third-order valence-corrected chi connectivity index (χ3v) is 14.5. The van der Waals surface area contributed by atoms with Crippen molar-refractivity contribution in [3.8, 4) is 0 Å². The van der Waals surface area contributed by atoms with Crippen LogP contribution in [0.1, 0.15) is 107 Å². The van der Waals surface area contributed by atoms with Gasteiger partial charge in [-0.1, -0.05) is 45.9 Å². The molecule has 4 saturated carbocycles. The Kier molecular flexibility index (Phi) is 6.17. The highest BCUT2D eigenvalue weighted by Gasteiger charge is 2.68. The first-order valence-corrected chi connectivity index (χ1v) is 16.0. The highest BCUT2D eigenvalue weighted by atomic mass is 32.1. The van der Waals surface area contributed by atoms with Crippen molar-refractivity contribution in [2.24, 2.45) is 57.2 Å². The number of thiophene rings is 1. The largest absolute Gasteiger partial charge is 0.481 e. The Morgan fingerprint density at radius 2 is 1.56 bits per heavy atom. The van der Waals surface area contributed by atoms with Crippen LogP contribution in [0.2, 0.25) is 0 Å². The standard InChI is InChI=1S/C34H46O4S/c1-19(2)20-13-16-34(30(37)38)18-17-32(5)21-9-12-27-31(3,4)23(25-10-11-26(39-25)29(35)36)14-15-33(27,6)22(21)7-8-24(32)28(20)34/h10-11,14,20-22,24,27-28H,1,7-9,12-13,15-18H2,2-6H3,(H,35,36)(H,37,38). The van der Waals surface area contributed by atoms with Crippen molar-refractivity contribution in [3.05, 3.63) is 40.1 Å². The van der Waals surface area contributed by atoms with Crippen LogP contribution in [-0.2, 0) is 4.79 Å². The zero-order chi connectivity index (χ0) is 28.1. The van der Waals surface area contributed by atoms with E-state index in [9.17, 15) is 19.8 Å². The maximum atomic E-state index is 12.8. The second-order valence-electron chi connectivity index (χ2n) is 15.0. The zero-order valence-electron chi connectivity index (χ0n) is 24.4. The molecule has 4 nitrogen and oxygen atoms in total. The smallest absolute Gasteiger partial charge is 0.345 e. The summed E-state index contributed by atoms with van der Waals surface area (Å²) in [5.74, 6) is 1.49. The van der Waals surface area contributed by atoms with Crippen LogP contribution in [0.25, 0.3) is 5.57 Å². The van der Waals surface area contributed by atoms with Crippen LogP contribution in [0.4, 0.5) is 0 Å². The lowest BCUT2D eigenvalue weighted by atomic mass is 9.37. The first-order valence-electron chi connectivity index (χ1n) is 15.2. The predicted molar refractivity (Wildman–Crippen MR) is 157 cm³/mol. The molecule has 9 unspecified atom stereocenters. The van der Waals surface area contributed by atoms with Gasteiger partial charge >= 0.3 is 11.9 Å². The SMILES string of the molecule is C=C(C)C1CCC2(C(=O)O)CCC3(C)C(CCC4C3CCC3C(C)(C)C(c5ccc(C(=O)O)s5)=CCC43C)C12. The molecule has 9 atom stereocenters. The van der Waals surface area contributed by atoms with E-state index in [2.05, 4.69) is 47.3 Å². The van der Waals surface area contributed by atoms with E-state index >= 15 is 0 Å². The maximum Gasteiger partial charge on any atom is 0.345 e. The normalized spacial score (nSPS) is 44.3. The highest BCUT2D eigenvalue weighted by Crippen LogP contribution is 2.74. The zero-order valence-corrected chi connectivity index (χ0v) is 25.2. The number of rotatable bonds is 4. The molecule has 5 aliphatic rings. The van der Waals surface area contributed by atoms with Gasteiger partial charge in [-0.3, -0.25) is 4.79 Å². The third-order valence-electron chi connectivity index (χ3n) is 13.3. The summed E-state index contributed by atoms with van der Waals surface area (Å²) in [5, 5.41) is 20.0. The molecule has 4 fully saturated rings. The fourth-order valence-corrected chi connectivity index (χ4v) is 12.7. The second-order valence-corrected chi connectivity index (χ2v) is 16.1. The lowest BCUT2D eigenvalue weighted by Gasteiger charge is -2.67. The van der Waals surface area contributed by atoms with E-state index in [4.69, 9.17) is 0 Å². The summed E-state index contributed by atoms with van der Waals surface area (Å²) in [6.45, 7) is 16.4. The number of carboxylic acid groups (broad SMARTS) is 2. The molecular weight excluding hydrogens is 504 g/mol. The quantitative estimate of drug-likeness (QED) is 0.367. The number of aromatic carboxylic acids is 1. The van der Waals surface area contributed by atoms with Crippen LogP contribution < -0.4 is 0 Å². The maximum absolute atomic E-state index is 12.8. The molecule has 1 aromatic rings. The van der Waals surface area contributed by atoms with Gasteiger partial charge in [0.25, 0.3) is 0 Å².